The van der Waals surface area contributed by atoms with E-state index in [1.54, 1.807) is 14.2 Å². The molecule has 16 heavy (non-hydrogen) atoms. The first kappa shape index (κ1) is 13.1. The monoisotopic (exact) mass is 225 g/mol. The summed E-state index contributed by atoms with van der Waals surface area (Å²) < 4.78 is 10.4. The molecule has 0 radical (unpaired) electrons. The minimum Gasteiger partial charge on any atom is -0.394 e. The number of hydrogen-bond donors (Lipinski definition) is 2. The maximum Gasteiger partial charge on any atom is 0.105 e. The zero-order valence-electron chi connectivity index (χ0n) is 9.72. The zero-order valence-corrected chi connectivity index (χ0v) is 9.72. The highest BCUT2D eigenvalue weighted by atomic mass is 16.5. The van der Waals surface area contributed by atoms with Crippen LogP contribution in [0.5, 0.6) is 0 Å². The summed E-state index contributed by atoms with van der Waals surface area (Å²) in [6.45, 7) is 0.430. The van der Waals surface area contributed by atoms with E-state index in [1.165, 1.54) is 0 Å². The van der Waals surface area contributed by atoms with E-state index >= 15 is 0 Å². The Morgan fingerprint density at radius 3 is 2.56 bits per heavy atom. The van der Waals surface area contributed by atoms with Gasteiger partial charge in [-0.3, -0.25) is 0 Å². The van der Waals surface area contributed by atoms with Crippen LogP contribution in [0.3, 0.4) is 0 Å². The lowest BCUT2D eigenvalue weighted by Gasteiger charge is -2.17. The van der Waals surface area contributed by atoms with Crippen LogP contribution in [0.2, 0.25) is 0 Å². The molecule has 4 heteroatoms. The summed E-state index contributed by atoms with van der Waals surface area (Å²) in [5, 5.41) is 9.00. The number of aliphatic hydroxyl groups excluding tert-OH is 1. The normalized spacial score (nSPS) is 14.8. The maximum atomic E-state index is 9.00. The molecule has 1 aromatic rings. The Kier molecular flexibility index (Phi) is 5.42. The number of nitrogens with two attached hydrogens (primary N) is 1. The molecule has 0 amide bonds. The van der Waals surface area contributed by atoms with Crippen molar-refractivity contribution < 1.29 is 14.6 Å². The SMILES string of the molecule is COCC(OC)c1cccc(C(N)CO)c1. The van der Waals surface area contributed by atoms with Crippen LogP contribution in [0.4, 0.5) is 0 Å². The topological polar surface area (TPSA) is 64.7 Å². The van der Waals surface area contributed by atoms with Gasteiger partial charge in [0.1, 0.15) is 6.10 Å². The van der Waals surface area contributed by atoms with E-state index < -0.39 is 0 Å². The highest BCUT2D eigenvalue weighted by Crippen LogP contribution is 2.20. The molecule has 0 heterocycles. The molecule has 0 aromatic heterocycles. The fourth-order valence-corrected chi connectivity index (χ4v) is 1.55. The Balaban J connectivity index is 2.87. The van der Waals surface area contributed by atoms with Crippen LogP contribution < -0.4 is 5.73 Å². The van der Waals surface area contributed by atoms with Crippen molar-refractivity contribution in [2.45, 2.75) is 12.1 Å². The molecule has 4 nitrogen and oxygen atoms in total. The summed E-state index contributed by atoms with van der Waals surface area (Å²) >= 11 is 0. The van der Waals surface area contributed by atoms with Gasteiger partial charge in [-0.25, -0.2) is 0 Å². The summed E-state index contributed by atoms with van der Waals surface area (Å²) in [6.07, 6.45) is -0.101. The highest BCUT2D eigenvalue weighted by Gasteiger charge is 2.12. The molecule has 90 valence electrons. The largest absolute Gasteiger partial charge is 0.394 e. The quantitative estimate of drug-likeness (QED) is 0.758. The van der Waals surface area contributed by atoms with E-state index in [9.17, 15) is 0 Å². The lowest BCUT2D eigenvalue weighted by Crippen LogP contribution is -2.15. The van der Waals surface area contributed by atoms with Gasteiger partial charge in [0.05, 0.1) is 19.3 Å². The van der Waals surface area contributed by atoms with Crippen LogP contribution in [0.25, 0.3) is 0 Å². The van der Waals surface area contributed by atoms with Crippen molar-refractivity contribution in [1.82, 2.24) is 0 Å². The highest BCUT2D eigenvalue weighted by molar-refractivity contribution is 5.27. The molecule has 0 spiro atoms. The third-order valence-electron chi connectivity index (χ3n) is 2.51. The second-order valence-corrected chi connectivity index (χ2v) is 3.64. The van der Waals surface area contributed by atoms with Gasteiger partial charge < -0.3 is 20.3 Å². The van der Waals surface area contributed by atoms with Gasteiger partial charge in [0, 0.05) is 14.2 Å². The van der Waals surface area contributed by atoms with Gasteiger partial charge in [-0.15, -0.1) is 0 Å². The van der Waals surface area contributed by atoms with E-state index in [4.69, 9.17) is 20.3 Å². The molecule has 0 saturated carbocycles. The predicted molar refractivity (Wildman–Crippen MR) is 62.1 cm³/mol. The van der Waals surface area contributed by atoms with Crippen molar-refractivity contribution in [3.05, 3.63) is 35.4 Å². The van der Waals surface area contributed by atoms with Crippen molar-refractivity contribution in [3.63, 3.8) is 0 Å². The Morgan fingerprint density at radius 1 is 1.31 bits per heavy atom. The van der Waals surface area contributed by atoms with Gasteiger partial charge in [0.2, 0.25) is 0 Å². The second-order valence-electron chi connectivity index (χ2n) is 3.64. The number of ether oxygens (including phenoxy) is 2. The zero-order chi connectivity index (χ0) is 12.0. The molecule has 0 fully saturated rings. The Labute approximate surface area is 96.0 Å². The standard InChI is InChI=1S/C12H19NO3/c1-15-8-12(16-2)10-5-3-4-9(6-10)11(13)7-14/h3-6,11-12,14H,7-8,13H2,1-2H3. The summed E-state index contributed by atoms with van der Waals surface area (Å²) in [4.78, 5) is 0. The molecule has 1 rings (SSSR count). The van der Waals surface area contributed by atoms with Crippen LogP contribution in [0.1, 0.15) is 23.3 Å². The molecule has 0 saturated heterocycles. The fourth-order valence-electron chi connectivity index (χ4n) is 1.55. The van der Waals surface area contributed by atoms with Crippen molar-refractivity contribution in [1.29, 1.82) is 0 Å². The number of hydrogen-bond acceptors (Lipinski definition) is 4. The van der Waals surface area contributed by atoms with Gasteiger partial charge in [-0.2, -0.15) is 0 Å². The van der Waals surface area contributed by atoms with Crippen molar-refractivity contribution in [3.8, 4) is 0 Å². The lowest BCUT2D eigenvalue weighted by molar-refractivity contribution is 0.0274. The summed E-state index contributed by atoms with van der Waals surface area (Å²) in [5.74, 6) is 0. The molecule has 3 N–H and O–H groups in total. The van der Waals surface area contributed by atoms with Crippen molar-refractivity contribution in [2.24, 2.45) is 5.73 Å². The van der Waals surface area contributed by atoms with E-state index in [2.05, 4.69) is 0 Å². The van der Waals surface area contributed by atoms with Crippen LogP contribution in [-0.2, 0) is 9.47 Å². The van der Waals surface area contributed by atoms with Gasteiger partial charge in [-0.05, 0) is 11.1 Å². The second kappa shape index (κ2) is 6.60. The minimum absolute atomic E-state index is 0.0641. The van der Waals surface area contributed by atoms with Gasteiger partial charge in [0.15, 0.2) is 0 Å². The van der Waals surface area contributed by atoms with Gasteiger partial charge >= 0.3 is 0 Å². The molecule has 2 atom stereocenters. The molecule has 0 aliphatic heterocycles. The Morgan fingerprint density at radius 2 is 2.00 bits per heavy atom. The van der Waals surface area contributed by atoms with E-state index in [0.29, 0.717) is 6.61 Å². The molecular weight excluding hydrogens is 206 g/mol. The summed E-state index contributed by atoms with van der Waals surface area (Å²) in [5.41, 5.74) is 7.66. The number of aliphatic hydroxyl groups is 1. The Bertz CT molecular complexity index is 317. The summed E-state index contributed by atoms with van der Waals surface area (Å²) in [6, 6.07) is 7.35. The minimum atomic E-state index is -0.347. The predicted octanol–water partition coefficient (Wildman–Crippen LogP) is 1.01. The number of benzene rings is 1. The first-order valence-corrected chi connectivity index (χ1v) is 5.21. The van der Waals surface area contributed by atoms with E-state index in [-0.39, 0.29) is 18.8 Å². The number of methoxy groups -OCH3 is 2. The molecule has 1 aromatic carbocycles. The summed E-state index contributed by atoms with van der Waals surface area (Å²) in [7, 11) is 3.28. The molecular formula is C12H19NO3. The molecule has 0 bridgehead atoms. The average molecular weight is 225 g/mol. The molecule has 2 unspecified atom stereocenters. The van der Waals surface area contributed by atoms with Crippen LogP contribution >= 0.6 is 0 Å². The Hall–Kier alpha value is -0.940. The lowest BCUT2D eigenvalue weighted by atomic mass is 10.0. The first-order chi connectivity index (χ1) is 7.72. The molecule has 0 aliphatic rings. The van der Waals surface area contributed by atoms with E-state index in [0.717, 1.165) is 11.1 Å². The van der Waals surface area contributed by atoms with Gasteiger partial charge in [-0.1, -0.05) is 24.3 Å². The first-order valence-electron chi connectivity index (χ1n) is 5.21. The fraction of sp³-hybridized carbons (Fsp3) is 0.500. The van der Waals surface area contributed by atoms with Crippen LogP contribution in [0, 0.1) is 0 Å². The number of rotatable bonds is 6. The average Bonchev–Trinajstić information content (AvgIpc) is 2.35. The van der Waals surface area contributed by atoms with Crippen molar-refractivity contribution in [2.75, 3.05) is 27.4 Å². The van der Waals surface area contributed by atoms with E-state index in [1.807, 2.05) is 24.3 Å². The third kappa shape index (κ3) is 3.28. The maximum absolute atomic E-state index is 9.00. The van der Waals surface area contributed by atoms with Crippen LogP contribution in [-0.4, -0.2) is 32.5 Å². The molecule has 0 aliphatic carbocycles. The van der Waals surface area contributed by atoms with Crippen molar-refractivity contribution >= 4 is 0 Å². The smallest absolute Gasteiger partial charge is 0.105 e. The van der Waals surface area contributed by atoms with Crippen LogP contribution in [0.15, 0.2) is 24.3 Å². The third-order valence-corrected chi connectivity index (χ3v) is 2.51. The van der Waals surface area contributed by atoms with Gasteiger partial charge in [0.25, 0.3) is 0 Å².